The van der Waals surface area contributed by atoms with Gasteiger partial charge in [0.25, 0.3) is 0 Å². The fraction of sp³-hybridized carbons (Fsp3) is 0.588. The van der Waals surface area contributed by atoms with E-state index >= 15 is 0 Å². The molecule has 2 aliphatic heterocycles. The average molecular weight is 351 g/mol. The van der Waals surface area contributed by atoms with Gasteiger partial charge in [0.15, 0.2) is 0 Å². The van der Waals surface area contributed by atoms with Crippen LogP contribution >= 0.6 is 0 Å². The van der Waals surface area contributed by atoms with Crippen LogP contribution in [-0.2, 0) is 16.4 Å². The minimum Gasteiger partial charge on any atom is -0.320 e. The van der Waals surface area contributed by atoms with Crippen molar-refractivity contribution in [2.45, 2.75) is 38.1 Å². The first kappa shape index (κ1) is 17.2. The van der Waals surface area contributed by atoms with Crippen LogP contribution < -0.4 is 9.62 Å². The largest absolute Gasteiger partial charge is 0.324 e. The maximum absolute atomic E-state index is 12.5. The van der Waals surface area contributed by atoms with Crippen LogP contribution in [0.4, 0.5) is 10.5 Å². The van der Waals surface area contributed by atoms with E-state index in [0.29, 0.717) is 12.6 Å². The second-order valence-electron chi connectivity index (χ2n) is 6.67. The molecular formula is C17H25N3O3S. The molecule has 1 N–H and O–H groups in total. The zero-order valence-electron chi connectivity index (χ0n) is 14.1. The molecule has 7 heteroatoms. The zero-order chi connectivity index (χ0) is 17.2. The third kappa shape index (κ3) is 4.08. The number of carbonyl (C=O) groups is 1. The normalized spacial score (nSPS) is 21.2. The second kappa shape index (κ2) is 7.11. The van der Waals surface area contributed by atoms with Crippen LogP contribution in [0.2, 0.25) is 0 Å². The molecule has 1 aromatic rings. The number of sulfonamides is 1. The predicted molar refractivity (Wildman–Crippen MR) is 94.7 cm³/mol. The van der Waals surface area contributed by atoms with Crippen molar-refractivity contribution in [2.24, 2.45) is 0 Å². The van der Waals surface area contributed by atoms with E-state index in [-0.39, 0.29) is 6.03 Å². The molecule has 3 rings (SSSR count). The number of rotatable bonds is 6. The van der Waals surface area contributed by atoms with Crippen molar-refractivity contribution in [3.05, 3.63) is 29.8 Å². The molecule has 0 spiro atoms. The van der Waals surface area contributed by atoms with Gasteiger partial charge in [-0.05, 0) is 49.8 Å². The molecule has 1 atom stereocenters. The van der Waals surface area contributed by atoms with Gasteiger partial charge in [0.05, 0.1) is 12.3 Å². The van der Waals surface area contributed by atoms with Crippen LogP contribution in [0, 0.1) is 0 Å². The summed E-state index contributed by atoms with van der Waals surface area (Å²) < 4.78 is 24.5. The Morgan fingerprint density at radius 3 is 2.62 bits per heavy atom. The number of hydrogen-bond donors (Lipinski definition) is 1. The first-order chi connectivity index (χ1) is 11.4. The Bertz CT molecular complexity index is 688. The van der Waals surface area contributed by atoms with Crippen LogP contribution in [0.15, 0.2) is 24.3 Å². The molecule has 2 fully saturated rings. The Hall–Kier alpha value is -1.60. The molecule has 0 radical (unpaired) electrons. The lowest BCUT2D eigenvalue weighted by molar-refractivity contribution is 0.187. The van der Waals surface area contributed by atoms with E-state index in [4.69, 9.17) is 0 Å². The Morgan fingerprint density at radius 2 is 1.96 bits per heavy atom. The lowest BCUT2D eigenvalue weighted by Gasteiger charge is -2.27. The molecule has 0 unspecified atom stereocenters. The number of piperidine rings is 1. The minimum atomic E-state index is -3.11. The van der Waals surface area contributed by atoms with Crippen molar-refractivity contribution in [3.8, 4) is 0 Å². The van der Waals surface area contributed by atoms with E-state index in [1.54, 1.807) is 0 Å². The number of carbonyl (C=O) groups excluding carboxylic acids is 1. The minimum absolute atomic E-state index is 0.129. The molecule has 2 heterocycles. The smallest absolute Gasteiger partial charge is 0.320 e. The highest BCUT2D eigenvalue weighted by molar-refractivity contribution is 7.88. The number of amides is 2. The van der Waals surface area contributed by atoms with Crippen molar-refractivity contribution in [2.75, 3.05) is 30.8 Å². The van der Waals surface area contributed by atoms with Crippen molar-refractivity contribution < 1.29 is 13.2 Å². The number of fused-ring (bicyclic) bond motifs is 1. The summed E-state index contributed by atoms with van der Waals surface area (Å²) in [6.07, 6.45) is 6.16. The van der Waals surface area contributed by atoms with E-state index in [0.717, 1.165) is 50.0 Å². The maximum Gasteiger partial charge on any atom is 0.324 e. The number of benzene rings is 1. The quantitative estimate of drug-likeness (QED) is 0.797. The number of anilines is 1. The van der Waals surface area contributed by atoms with Gasteiger partial charge in [-0.1, -0.05) is 12.1 Å². The zero-order valence-corrected chi connectivity index (χ0v) is 14.9. The van der Waals surface area contributed by atoms with Gasteiger partial charge in [-0.2, -0.15) is 0 Å². The summed E-state index contributed by atoms with van der Waals surface area (Å²) in [7, 11) is -3.11. The summed E-state index contributed by atoms with van der Waals surface area (Å²) in [5, 5.41) is 0. The highest BCUT2D eigenvalue weighted by Crippen LogP contribution is 2.29. The van der Waals surface area contributed by atoms with E-state index in [1.165, 1.54) is 12.7 Å². The fourth-order valence-corrected chi connectivity index (χ4v) is 4.01. The molecule has 0 saturated carbocycles. The van der Waals surface area contributed by atoms with Crippen molar-refractivity contribution >= 4 is 21.7 Å². The third-order valence-electron chi connectivity index (χ3n) is 4.75. The standard InChI is InChI=1S/C17H25N3O3S/c1-24(22,23)18-11-4-5-14-7-9-15(10-8-14)20-13-16-6-2-3-12-19(16)17(20)21/h7-10,16,18H,2-6,11-13H2,1H3/t16-/m0/s1. The van der Waals surface area contributed by atoms with E-state index in [2.05, 4.69) is 4.72 Å². The Morgan fingerprint density at radius 1 is 1.21 bits per heavy atom. The molecule has 6 nitrogen and oxygen atoms in total. The molecule has 0 bridgehead atoms. The third-order valence-corrected chi connectivity index (χ3v) is 5.48. The molecule has 1 aromatic carbocycles. The molecule has 2 saturated heterocycles. The SMILES string of the molecule is CS(=O)(=O)NCCCc1ccc(N2C[C@@H]3CCCCN3C2=O)cc1. The van der Waals surface area contributed by atoms with Gasteiger partial charge in [-0.3, -0.25) is 4.90 Å². The van der Waals surface area contributed by atoms with Crippen LogP contribution in [-0.4, -0.2) is 51.3 Å². The summed E-state index contributed by atoms with van der Waals surface area (Å²) in [5.74, 6) is 0. The predicted octanol–water partition coefficient (Wildman–Crippen LogP) is 1.96. The summed E-state index contributed by atoms with van der Waals surface area (Å²) in [6.45, 7) is 2.11. The number of urea groups is 1. The summed E-state index contributed by atoms with van der Waals surface area (Å²) in [5.41, 5.74) is 2.10. The molecule has 132 valence electrons. The van der Waals surface area contributed by atoms with Gasteiger partial charge in [0, 0.05) is 25.3 Å². The van der Waals surface area contributed by atoms with Gasteiger partial charge in [0.2, 0.25) is 10.0 Å². The Balaban J connectivity index is 1.56. The molecule has 0 aromatic heterocycles. The summed E-state index contributed by atoms with van der Waals surface area (Å²) in [6, 6.07) is 8.55. The van der Waals surface area contributed by atoms with Gasteiger partial charge in [-0.15, -0.1) is 0 Å². The average Bonchev–Trinajstić information content (AvgIpc) is 2.89. The maximum atomic E-state index is 12.5. The lowest BCUT2D eigenvalue weighted by atomic mass is 10.0. The van der Waals surface area contributed by atoms with E-state index < -0.39 is 10.0 Å². The van der Waals surface area contributed by atoms with Crippen LogP contribution in [0.1, 0.15) is 31.2 Å². The molecule has 0 aliphatic carbocycles. The van der Waals surface area contributed by atoms with Gasteiger partial charge < -0.3 is 4.90 Å². The van der Waals surface area contributed by atoms with Crippen LogP contribution in [0.25, 0.3) is 0 Å². The topological polar surface area (TPSA) is 69.7 Å². The molecular weight excluding hydrogens is 326 g/mol. The van der Waals surface area contributed by atoms with Crippen molar-refractivity contribution in [1.29, 1.82) is 0 Å². The second-order valence-corrected chi connectivity index (χ2v) is 8.51. The fourth-order valence-electron chi connectivity index (χ4n) is 3.49. The summed E-state index contributed by atoms with van der Waals surface area (Å²) in [4.78, 5) is 16.4. The van der Waals surface area contributed by atoms with Crippen molar-refractivity contribution in [1.82, 2.24) is 9.62 Å². The number of nitrogens with zero attached hydrogens (tertiary/aromatic N) is 2. The van der Waals surface area contributed by atoms with E-state index in [9.17, 15) is 13.2 Å². The number of aryl methyl sites for hydroxylation is 1. The monoisotopic (exact) mass is 351 g/mol. The molecule has 2 amide bonds. The lowest BCUT2D eigenvalue weighted by Crippen LogP contribution is -2.38. The summed E-state index contributed by atoms with van der Waals surface area (Å²) >= 11 is 0. The Labute approximate surface area is 143 Å². The number of nitrogens with one attached hydrogen (secondary N) is 1. The van der Waals surface area contributed by atoms with Crippen molar-refractivity contribution in [3.63, 3.8) is 0 Å². The Kier molecular flexibility index (Phi) is 5.10. The van der Waals surface area contributed by atoms with Crippen LogP contribution in [0.3, 0.4) is 0 Å². The highest BCUT2D eigenvalue weighted by atomic mass is 32.2. The van der Waals surface area contributed by atoms with Gasteiger partial charge in [0.1, 0.15) is 0 Å². The highest BCUT2D eigenvalue weighted by Gasteiger charge is 2.38. The van der Waals surface area contributed by atoms with Crippen LogP contribution in [0.5, 0.6) is 0 Å². The van der Waals surface area contributed by atoms with Gasteiger partial charge in [-0.25, -0.2) is 17.9 Å². The first-order valence-corrected chi connectivity index (χ1v) is 10.4. The first-order valence-electron chi connectivity index (χ1n) is 8.56. The molecule has 24 heavy (non-hydrogen) atoms. The number of hydrogen-bond acceptors (Lipinski definition) is 3. The van der Waals surface area contributed by atoms with E-state index in [1.807, 2.05) is 34.1 Å². The molecule has 2 aliphatic rings. The van der Waals surface area contributed by atoms with Gasteiger partial charge >= 0.3 is 6.03 Å².